The molecule has 0 unspecified atom stereocenters. The molecule has 1 fully saturated rings. The number of hydrogen-bond donors (Lipinski definition) is 1. The third kappa shape index (κ3) is 4.89. The van der Waals surface area contributed by atoms with Gasteiger partial charge in [-0.2, -0.15) is 0 Å². The van der Waals surface area contributed by atoms with Crippen molar-refractivity contribution in [1.82, 2.24) is 24.8 Å². The molecule has 3 aromatic rings. The van der Waals surface area contributed by atoms with Crippen LogP contribution in [0.15, 0.2) is 36.3 Å². The van der Waals surface area contributed by atoms with Crippen molar-refractivity contribution in [2.75, 3.05) is 38.5 Å². The maximum absolute atomic E-state index is 15.0. The van der Waals surface area contributed by atoms with Gasteiger partial charge in [-0.3, -0.25) is 4.90 Å². The summed E-state index contributed by atoms with van der Waals surface area (Å²) >= 11 is 0. The Labute approximate surface area is 208 Å². The van der Waals surface area contributed by atoms with E-state index in [4.69, 9.17) is 11.3 Å². The number of allylic oxidation sites excluding steroid dienone is 1. The second-order valence-corrected chi connectivity index (χ2v) is 9.08. The first-order valence-electron chi connectivity index (χ1n) is 11.6. The Balaban J connectivity index is 1.33. The first-order chi connectivity index (χ1) is 17.4. The van der Waals surface area contributed by atoms with Crippen LogP contribution in [0.3, 0.4) is 0 Å². The first kappa shape index (κ1) is 23.8. The Hall–Kier alpha value is -3.94. The summed E-state index contributed by atoms with van der Waals surface area (Å²) in [6.07, 6.45) is 4.94. The molecule has 5 rings (SSSR count). The van der Waals surface area contributed by atoms with Crippen LogP contribution in [0.1, 0.15) is 23.6 Å². The van der Waals surface area contributed by atoms with Crippen molar-refractivity contribution in [3.8, 4) is 11.6 Å². The fourth-order valence-corrected chi connectivity index (χ4v) is 4.35. The number of ether oxygens (including phenoxy) is 1. The molecular weight excluding hydrogens is 464 g/mol. The zero-order valence-corrected chi connectivity index (χ0v) is 20.1. The van der Waals surface area contributed by atoms with E-state index in [2.05, 4.69) is 42.0 Å². The molecule has 8 nitrogen and oxygen atoms in total. The van der Waals surface area contributed by atoms with E-state index in [9.17, 15) is 4.39 Å². The molecule has 1 aliphatic carbocycles. The van der Waals surface area contributed by atoms with Crippen molar-refractivity contribution in [1.29, 1.82) is 0 Å². The quantitative estimate of drug-likeness (QED) is 0.492. The molecule has 0 spiro atoms. The molecule has 10 heteroatoms. The SMILES string of the molecule is [C-]#[N+]c1c(Nc2ccc(CN3CCN(C)CC3)cn2)ncnc1Oc1cc(F)c2c(c1F)C=C(C)C2. The Morgan fingerprint density at radius 3 is 2.67 bits per heavy atom. The summed E-state index contributed by atoms with van der Waals surface area (Å²) < 4.78 is 35.2. The van der Waals surface area contributed by atoms with Crippen molar-refractivity contribution in [2.45, 2.75) is 19.9 Å². The highest BCUT2D eigenvalue weighted by Gasteiger charge is 2.24. The van der Waals surface area contributed by atoms with Crippen LogP contribution in [0.25, 0.3) is 10.9 Å². The minimum absolute atomic E-state index is 0.0622. The van der Waals surface area contributed by atoms with E-state index in [-0.39, 0.29) is 28.7 Å². The van der Waals surface area contributed by atoms with E-state index in [1.54, 1.807) is 12.3 Å². The Morgan fingerprint density at radius 1 is 1.14 bits per heavy atom. The highest BCUT2D eigenvalue weighted by atomic mass is 19.1. The fraction of sp³-hybridized carbons (Fsp3) is 0.308. The molecule has 1 saturated heterocycles. The van der Waals surface area contributed by atoms with Crippen molar-refractivity contribution < 1.29 is 13.5 Å². The monoisotopic (exact) mass is 489 g/mol. The van der Waals surface area contributed by atoms with Crippen molar-refractivity contribution in [3.05, 3.63) is 76.0 Å². The van der Waals surface area contributed by atoms with E-state index in [1.807, 2.05) is 19.1 Å². The van der Waals surface area contributed by atoms with Crippen molar-refractivity contribution in [2.24, 2.45) is 0 Å². The molecule has 0 bridgehead atoms. The van der Waals surface area contributed by atoms with Gasteiger partial charge in [-0.15, -0.1) is 0 Å². The van der Waals surface area contributed by atoms with E-state index in [0.717, 1.165) is 49.9 Å². The molecule has 0 atom stereocenters. The van der Waals surface area contributed by atoms with Crippen LogP contribution in [-0.4, -0.2) is 58.0 Å². The summed E-state index contributed by atoms with van der Waals surface area (Å²) in [6, 6.07) is 4.78. The van der Waals surface area contributed by atoms with Crippen molar-refractivity contribution in [3.63, 3.8) is 0 Å². The third-order valence-corrected chi connectivity index (χ3v) is 6.35. The smallest absolute Gasteiger partial charge is 0.288 e. The van der Waals surface area contributed by atoms with Gasteiger partial charge in [-0.1, -0.05) is 17.7 Å². The maximum atomic E-state index is 15.0. The number of nitrogens with zero attached hydrogens (tertiary/aromatic N) is 6. The summed E-state index contributed by atoms with van der Waals surface area (Å²) in [7, 11) is 2.12. The zero-order valence-electron chi connectivity index (χ0n) is 20.1. The lowest BCUT2D eigenvalue weighted by molar-refractivity contribution is 0.148. The van der Waals surface area contributed by atoms with E-state index in [1.165, 1.54) is 6.33 Å². The fourth-order valence-electron chi connectivity index (χ4n) is 4.35. The van der Waals surface area contributed by atoms with Crippen LogP contribution in [0, 0.1) is 18.2 Å². The molecular formula is C26H25F2N7O. The van der Waals surface area contributed by atoms with E-state index < -0.39 is 11.6 Å². The van der Waals surface area contributed by atoms with Crippen LogP contribution in [0.5, 0.6) is 11.6 Å². The van der Waals surface area contributed by atoms with Gasteiger partial charge in [-0.05, 0) is 32.0 Å². The Kier molecular flexibility index (Phi) is 6.59. The number of anilines is 2. The number of piperazine rings is 1. The largest absolute Gasteiger partial charge is 0.446 e. The number of halogens is 2. The van der Waals surface area contributed by atoms with Crippen LogP contribution < -0.4 is 10.1 Å². The lowest BCUT2D eigenvalue weighted by Crippen LogP contribution is -2.43. The standard InChI is InChI=1S/C26H25F2N7O/c1-16-10-18-19(11-16)23(28)21(12-20(18)27)36-26-24(29-2)25(31-15-32-26)33-22-5-4-17(13-30-22)14-35-8-6-34(3)7-9-35/h4-5,11-13,15H,6-10,14H2,1,3H3,(H,30,31,32,33). The molecule has 184 valence electrons. The Morgan fingerprint density at radius 2 is 1.94 bits per heavy atom. The molecule has 1 N–H and O–H groups in total. The lowest BCUT2D eigenvalue weighted by atomic mass is 10.1. The normalized spacial score (nSPS) is 15.8. The van der Waals surface area contributed by atoms with Crippen LogP contribution in [0.4, 0.5) is 26.1 Å². The van der Waals surface area contributed by atoms with Crippen LogP contribution in [-0.2, 0) is 13.0 Å². The van der Waals surface area contributed by atoms with Gasteiger partial charge < -0.3 is 15.0 Å². The van der Waals surface area contributed by atoms with Gasteiger partial charge in [0.15, 0.2) is 11.6 Å². The molecule has 1 aliphatic heterocycles. The summed E-state index contributed by atoms with van der Waals surface area (Å²) in [5, 5.41) is 3.01. The Bertz CT molecular complexity index is 1360. The summed E-state index contributed by atoms with van der Waals surface area (Å²) in [4.78, 5) is 20.7. The maximum Gasteiger partial charge on any atom is 0.288 e. The summed E-state index contributed by atoms with van der Waals surface area (Å²) in [6.45, 7) is 14.4. The van der Waals surface area contributed by atoms with Crippen LogP contribution in [0.2, 0.25) is 0 Å². The molecule has 0 radical (unpaired) electrons. The number of nitrogens with one attached hydrogen (secondary N) is 1. The van der Waals surface area contributed by atoms with Gasteiger partial charge in [0.2, 0.25) is 5.88 Å². The van der Waals surface area contributed by atoms with Gasteiger partial charge in [-0.25, -0.2) is 28.6 Å². The number of benzene rings is 1. The molecule has 2 aromatic heterocycles. The van der Waals surface area contributed by atoms with Gasteiger partial charge in [0.25, 0.3) is 5.69 Å². The second-order valence-electron chi connectivity index (χ2n) is 9.08. The predicted molar refractivity (Wildman–Crippen MR) is 132 cm³/mol. The first-order valence-corrected chi connectivity index (χ1v) is 11.6. The second kappa shape index (κ2) is 9.97. The number of fused-ring (bicyclic) bond motifs is 1. The lowest BCUT2D eigenvalue weighted by Gasteiger charge is -2.32. The van der Waals surface area contributed by atoms with Crippen molar-refractivity contribution >= 4 is 23.4 Å². The zero-order chi connectivity index (χ0) is 25.2. The summed E-state index contributed by atoms with van der Waals surface area (Å²) in [5.41, 5.74) is 2.35. The summed E-state index contributed by atoms with van der Waals surface area (Å²) in [5.74, 6) is -1.12. The average Bonchev–Trinajstić information content (AvgIpc) is 3.28. The molecule has 0 amide bonds. The average molecular weight is 490 g/mol. The molecule has 1 aromatic carbocycles. The van der Waals surface area contributed by atoms with Gasteiger partial charge in [0, 0.05) is 56.1 Å². The van der Waals surface area contributed by atoms with E-state index >= 15 is 4.39 Å². The third-order valence-electron chi connectivity index (χ3n) is 6.35. The van der Waals surface area contributed by atoms with Gasteiger partial charge in [0.1, 0.15) is 23.8 Å². The minimum atomic E-state index is -0.690. The molecule has 0 saturated carbocycles. The highest BCUT2D eigenvalue weighted by Crippen LogP contribution is 2.40. The number of hydrogen-bond acceptors (Lipinski definition) is 7. The van der Waals surface area contributed by atoms with Gasteiger partial charge in [0.05, 0.1) is 6.57 Å². The number of aromatic nitrogens is 3. The molecule has 2 aliphatic rings. The topological polar surface area (TPSA) is 70.8 Å². The van der Waals surface area contributed by atoms with E-state index in [0.29, 0.717) is 17.8 Å². The molecule has 36 heavy (non-hydrogen) atoms. The predicted octanol–water partition coefficient (Wildman–Crippen LogP) is 4.94. The number of likely N-dealkylation sites (N-methyl/N-ethyl adjacent to an activating group) is 1. The molecule has 3 heterocycles. The minimum Gasteiger partial charge on any atom is -0.446 e. The number of rotatable bonds is 6. The van der Waals surface area contributed by atoms with Crippen LogP contribution >= 0.6 is 0 Å². The number of pyridine rings is 1. The highest BCUT2D eigenvalue weighted by molar-refractivity contribution is 5.75. The van der Waals surface area contributed by atoms with Gasteiger partial charge >= 0.3 is 0 Å².